The van der Waals surface area contributed by atoms with Crippen molar-refractivity contribution < 1.29 is 4.42 Å². The van der Waals surface area contributed by atoms with Crippen LogP contribution in [0.2, 0.25) is 0 Å². The number of furan rings is 1. The van der Waals surface area contributed by atoms with Gasteiger partial charge in [-0.2, -0.15) is 0 Å². The zero-order chi connectivity index (χ0) is 35.0. The van der Waals surface area contributed by atoms with Gasteiger partial charge in [0.1, 0.15) is 11.2 Å². The fourth-order valence-corrected chi connectivity index (χ4v) is 9.97. The molecule has 8 aromatic carbocycles. The van der Waals surface area contributed by atoms with Gasteiger partial charge >= 0.3 is 0 Å². The monoisotopic (exact) mass is 677 g/mol. The summed E-state index contributed by atoms with van der Waals surface area (Å²) in [6.45, 7) is 4.85. The fourth-order valence-electron chi connectivity index (χ4n) is 9.97. The van der Waals surface area contributed by atoms with Gasteiger partial charge in [-0.1, -0.05) is 129 Å². The van der Waals surface area contributed by atoms with Crippen molar-refractivity contribution in [1.29, 1.82) is 0 Å². The van der Waals surface area contributed by atoms with E-state index < -0.39 is 0 Å². The molecule has 0 saturated heterocycles. The Morgan fingerprint density at radius 2 is 1.15 bits per heavy atom. The van der Waals surface area contributed by atoms with Crippen molar-refractivity contribution in [3.63, 3.8) is 0 Å². The number of nitrogens with zero attached hydrogens (tertiary/aromatic N) is 1. The maximum Gasteiger partial charge on any atom is 0.143 e. The summed E-state index contributed by atoms with van der Waals surface area (Å²) in [5.74, 6) is 0. The minimum Gasteiger partial charge on any atom is -0.455 e. The molecule has 0 aliphatic heterocycles. The molecule has 0 fully saturated rings. The summed E-state index contributed by atoms with van der Waals surface area (Å²) in [6, 6.07) is 51.7. The highest BCUT2D eigenvalue weighted by atomic mass is 16.3. The maximum atomic E-state index is 6.45. The minimum atomic E-state index is -0.0167. The first-order chi connectivity index (χ1) is 26.0. The van der Waals surface area contributed by atoms with E-state index in [1.165, 1.54) is 70.8 Å². The quantitative estimate of drug-likeness (QED) is 0.167. The first kappa shape index (κ1) is 29.2. The number of benzene rings is 8. The molecule has 2 aromatic heterocycles. The lowest BCUT2D eigenvalue weighted by atomic mass is 9.78. The average Bonchev–Trinajstić information content (AvgIpc) is 3.82. The Morgan fingerprint density at radius 1 is 0.528 bits per heavy atom. The van der Waals surface area contributed by atoms with Crippen LogP contribution in [-0.2, 0) is 5.41 Å². The first-order valence-electron chi connectivity index (χ1n) is 18.8. The molecule has 0 spiro atoms. The van der Waals surface area contributed by atoms with Crippen LogP contribution in [-0.4, -0.2) is 4.57 Å². The lowest BCUT2D eigenvalue weighted by Gasteiger charge is -2.25. The Hall–Kier alpha value is -6.38. The number of hydrogen-bond donors (Lipinski definition) is 0. The maximum absolute atomic E-state index is 6.45. The third-order valence-corrected chi connectivity index (χ3v) is 12.5. The molecule has 12 rings (SSSR count). The molecule has 0 saturated carbocycles. The molecule has 2 aliphatic carbocycles. The summed E-state index contributed by atoms with van der Waals surface area (Å²) in [7, 11) is 0. The molecule has 2 nitrogen and oxygen atoms in total. The van der Waals surface area contributed by atoms with Crippen molar-refractivity contribution >= 4 is 81.6 Å². The van der Waals surface area contributed by atoms with Crippen LogP contribution in [0, 0.1) is 0 Å². The molecular weight excluding hydrogens is 643 g/mol. The van der Waals surface area contributed by atoms with Gasteiger partial charge < -0.3 is 8.98 Å². The molecule has 53 heavy (non-hydrogen) atoms. The summed E-state index contributed by atoms with van der Waals surface area (Å²) in [5, 5.41) is 12.7. The Morgan fingerprint density at radius 3 is 1.91 bits per heavy atom. The highest BCUT2D eigenvalue weighted by Crippen LogP contribution is 2.52. The summed E-state index contributed by atoms with van der Waals surface area (Å²) in [4.78, 5) is 0. The van der Waals surface area contributed by atoms with Gasteiger partial charge in [-0.3, -0.25) is 0 Å². The smallest absolute Gasteiger partial charge is 0.143 e. The van der Waals surface area contributed by atoms with Gasteiger partial charge in [0.05, 0.1) is 11.0 Å². The van der Waals surface area contributed by atoms with Gasteiger partial charge in [-0.05, 0) is 110 Å². The number of rotatable bonds is 2. The molecule has 0 atom stereocenters. The molecule has 250 valence electrons. The molecule has 0 bridgehead atoms. The summed E-state index contributed by atoms with van der Waals surface area (Å²) >= 11 is 0. The predicted molar refractivity (Wildman–Crippen MR) is 224 cm³/mol. The highest BCUT2D eigenvalue weighted by molar-refractivity contribution is 6.29. The molecule has 0 amide bonds. The number of allylic oxidation sites excluding steroid dienone is 4. The number of hydrogen-bond acceptors (Lipinski definition) is 1. The Bertz CT molecular complexity index is 3290. The van der Waals surface area contributed by atoms with Crippen LogP contribution in [0.3, 0.4) is 0 Å². The van der Waals surface area contributed by atoms with Crippen molar-refractivity contribution in [2.75, 3.05) is 0 Å². The fraction of sp³-hybridized carbons (Fsp3) is 0.0980. The largest absolute Gasteiger partial charge is 0.455 e. The molecular formula is C51H35NO. The van der Waals surface area contributed by atoms with Crippen LogP contribution in [0.15, 0.2) is 162 Å². The second-order valence-electron chi connectivity index (χ2n) is 15.5. The van der Waals surface area contributed by atoms with Crippen LogP contribution in [0.4, 0.5) is 0 Å². The molecule has 0 unspecified atom stereocenters. The van der Waals surface area contributed by atoms with E-state index in [1.807, 2.05) is 6.07 Å². The van der Waals surface area contributed by atoms with Crippen LogP contribution < -0.4 is 0 Å². The lowest BCUT2D eigenvalue weighted by molar-refractivity contribution is 0.608. The Balaban J connectivity index is 1.16. The summed E-state index contributed by atoms with van der Waals surface area (Å²) < 4.78 is 8.97. The van der Waals surface area contributed by atoms with Gasteiger partial charge in [0.15, 0.2) is 0 Å². The van der Waals surface area contributed by atoms with Gasteiger partial charge in [0.2, 0.25) is 0 Å². The first-order valence-corrected chi connectivity index (χ1v) is 18.8. The van der Waals surface area contributed by atoms with E-state index in [9.17, 15) is 0 Å². The Kier molecular flexibility index (Phi) is 5.71. The third-order valence-electron chi connectivity index (χ3n) is 12.5. The van der Waals surface area contributed by atoms with E-state index in [0.29, 0.717) is 0 Å². The van der Waals surface area contributed by atoms with Gasteiger partial charge in [0.25, 0.3) is 0 Å². The van der Waals surface area contributed by atoms with E-state index >= 15 is 0 Å². The topological polar surface area (TPSA) is 18.1 Å². The summed E-state index contributed by atoms with van der Waals surface area (Å²) in [6.07, 6.45) is 6.98. The lowest BCUT2D eigenvalue weighted by Crippen LogP contribution is -2.17. The second-order valence-corrected chi connectivity index (χ2v) is 15.5. The molecule has 2 heteroatoms. The zero-order valence-electron chi connectivity index (χ0n) is 29.7. The predicted octanol–water partition coefficient (Wildman–Crippen LogP) is 14.2. The number of fused-ring (bicyclic) bond motifs is 14. The van der Waals surface area contributed by atoms with Crippen molar-refractivity contribution in [3.05, 3.63) is 168 Å². The average molecular weight is 678 g/mol. The number of aromatic nitrogens is 1. The van der Waals surface area contributed by atoms with Crippen molar-refractivity contribution in [2.45, 2.75) is 32.1 Å². The van der Waals surface area contributed by atoms with E-state index in [2.05, 4.69) is 164 Å². The number of para-hydroxylation sites is 2. The van der Waals surface area contributed by atoms with Crippen LogP contribution in [0.1, 0.15) is 37.8 Å². The normalized spacial score (nSPS) is 15.2. The van der Waals surface area contributed by atoms with E-state index in [4.69, 9.17) is 4.42 Å². The molecule has 10 aromatic rings. The summed E-state index contributed by atoms with van der Waals surface area (Å²) in [5.41, 5.74) is 13.6. The molecule has 2 heterocycles. The van der Waals surface area contributed by atoms with E-state index in [0.717, 1.165) is 51.6 Å². The van der Waals surface area contributed by atoms with Crippen molar-refractivity contribution in [1.82, 2.24) is 4.57 Å². The minimum absolute atomic E-state index is 0.0167. The van der Waals surface area contributed by atoms with Crippen LogP contribution >= 0.6 is 0 Å². The highest BCUT2D eigenvalue weighted by Gasteiger charge is 2.38. The Labute approximate surface area is 306 Å². The van der Waals surface area contributed by atoms with Crippen LogP contribution in [0.25, 0.3) is 98.4 Å². The van der Waals surface area contributed by atoms with Gasteiger partial charge in [0, 0.05) is 38.2 Å². The van der Waals surface area contributed by atoms with Crippen molar-refractivity contribution in [3.8, 4) is 16.8 Å². The third kappa shape index (κ3) is 3.88. The van der Waals surface area contributed by atoms with Crippen molar-refractivity contribution in [2.24, 2.45) is 0 Å². The van der Waals surface area contributed by atoms with Gasteiger partial charge in [-0.15, -0.1) is 0 Å². The zero-order valence-corrected chi connectivity index (χ0v) is 29.7. The molecule has 0 N–H and O–H groups in total. The van der Waals surface area contributed by atoms with Gasteiger partial charge in [-0.25, -0.2) is 0 Å². The SMILES string of the molecule is CC1(C)C2=C(C=CCC2)c2cc3c4cc5c6ccccc6c6ccccc6c5cc4n(-c4ccc(-c5cccc6c5oc5ccccc56)cc4)c3cc21. The standard InChI is InChI=1S/C51H35NO/c1-51(2)45-20-9-7-16-37(45)42-27-44-43-26-40-35-14-5-3-12-33(35)34-13-4-6-15-36(34)41(40)28-47(43)52(48(44)29-46(42)51)31-24-22-30(23-25-31)32-18-11-19-39-38-17-8-10-21-49(38)53-50(32)39/h3-8,10-19,21-29H,9,20H2,1-2H3. The van der Waals surface area contributed by atoms with E-state index in [1.54, 1.807) is 5.57 Å². The van der Waals surface area contributed by atoms with E-state index in [-0.39, 0.29) is 5.41 Å². The van der Waals surface area contributed by atoms with Crippen LogP contribution in [0.5, 0.6) is 0 Å². The second kappa shape index (κ2) is 10.4. The molecule has 0 radical (unpaired) electrons. The molecule has 2 aliphatic rings.